The molecule has 1 fully saturated rings. The van der Waals surface area contributed by atoms with Crippen molar-refractivity contribution in [2.24, 2.45) is 0 Å². The Morgan fingerprint density at radius 2 is 1.96 bits per heavy atom. The van der Waals surface area contributed by atoms with Crippen LogP contribution < -0.4 is 5.32 Å². The van der Waals surface area contributed by atoms with Crippen molar-refractivity contribution in [3.63, 3.8) is 0 Å². The zero-order valence-electron chi connectivity index (χ0n) is 13.9. The zero-order valence-corrected chi connectivity index (χ0v) is 15.5. The van der Waals surface area contributed by atoms with Crippen LogP contribution >= 0.6 is 11.8 Å². The van der Waals surface area contributed by atoms with Gasteiger partial charge in [-0.15, -0.1) is 0 Å². The van der Waals surface area contributed by atoms with Crippen LogP contribution in [-0.4, -0.2) is 60.7 Å². The summed E-state index contributed by atoms with van der Waals surface area (Å²) in [6, 6.07) is 5.85. The average Bonchev–Trinajstić information content (AvgIpc) is 2.92. The second kappa shape index (κ2) is 7.54. The van der Waals surface area contributed by atoms with E-state index in [9.17, 15) is 18.0 Å². The van der Waals surface area contributed by atoms with Crippen molar-refractivity contribution < 1.29 is 18.0 Å². The number of carbonyl (C=O) groups excluding carboxylic acids is 2. The van der Waals surface area contributed by atoms with E-state index in [-0.39, 0.29) is 28.6 Å². The molecule has 1 N–H and O–H groups in total. The van der Waals surface area contributed by atoms with E-state index < -0.39 is 10.0 Å². The van der Waals surface area contributed by atoms with Crippen LogP contribution in [-0.2, 0) is 14.8 Å². The summed E-state index contributed by atoms with van der Waals surface area (Å²) in [4.78, 5) is 25.1. The third kappa shape index (κ3) is 4.28. The van der Waals surface area contributed by atoms with Crippen LogP contribution in [0.25, 0.3) is 0 Å². The molecule has 1 aromatic carbocycles. The first-order chi connectivity index (χ1) is 11.2. The topological polar surface area (TPSA) is 86.8 Å². The number of benzene rings is 1. The van der Waals surface area contributed by atoms with Gasteiger partial charge in [-0.25, -0.2) is 8.42 Å². The minimum absolute atomic E-state index is 0.00195. The Morgan fingerprint density at radius 3 is 2.46 bits per heavy atom. The molecular weight excluding hydrogens is 350 g/mol. The molecule has 0 unspecified atom stereocenters. The van der Waals surface area contributed by atoms with Crippen LogP contribution in [0.15, 0.2) is 29.2 Å². The maximum absolute atomic E-state index is 12.4. The van der Waals surface area contributed by atoms with E-state index in [1.807, 2.05) is 0 Å². The van der Waals surface area contributed by atoms with E-state index in [1.54, 1.807) is 26.0 Å². The number of nitrogens with zero attached hydrogens (tertiary/aromatic N) is 2. The molecule has 0 spiro atoms. The van der Waals surface area contributed by atoms with Gasteiger partial charge in [-0.05, 0) is 38.1 Å². The van der Waals surface area contributed by atoms with Crippen LogP contribution in [0.4, 0.5) is 10.5 Å². The minimum Gasteiger partial charge on any atom is -0.325 e. The lowest BCUT2D eigenvalue weighted by molar-refractivity contribution is -0.116. The lowest BCUT2D eigenvalue weighted by atomic mass is 10.3. The number of sulfonamides is 1. The molecule has 1 heterocycles. The summed E-state index contributed by atoms with van der Waals surface area (Å²) >= 11 is 1.20. The summed E-state index contributed by atoms with van der Waals surface area (Å²) in [5.41, 5.74) is 0.491. The molecule has 7 nitrogen and oxygen atoms in total. The maximum atomic E-state index is 12.4. The minimum atomic E-state index is -3.54. The highest BCUT2D eigenvalue weighted by atomic mass is 32.2. The number of thioether (sulfide) groups is 1. The van der Waals surface area contributed by atoms with Gasteiger partial charge in [0.1, 0.15) is 6.54 Å². The Bertz CT molecular complexity index is 717. The van der Waals surface area contributed by atoms with Gasteiger partial charge in [0.15, 0.2) is 0 Å². The van der Waals surface area contributed by atoms with Crippen molar-refractivity contribution in [1.82, 2.24) is 9.21 Å². The number of anilines is 1. The van der Waals surface area contributed by atoms with Gasteiger partial charge in [-0.2, -0.15) is 4.31 Å². The quantitative estimate of drug-likeness (QED) is 0.824. The zero-order chi connectivity index (χ0) is 17.9. The van der Waals surface area contributed by atoms with Crippen LogP contribution in [0, 0.1) is 0 Å². The largest absolute Gasteiger partial charge is 0.325 e. The summed E-state index contributed by atoms with van der Waals surface area (Å²) in [6.45, 7) is 4.16. The van der Waals surface area contributed by atoms with Crippen molar-refractivity contribution in [2.75, 3.05) is 31.2 Å². The monoisotopic (exact) mass is 371 g/mol. The van der Waals surface area contributed by atoms with Gasteiger partial charge in [-0.1, -0.05) is 11.8 Å². The molecule has 0 radical (unpaired) electrons. The summed E-state index contributed by atoms with van der Waals surface area (Å²) in [6.07, 6.45) is 0. The van der Waals surface area contributed by atoms with Gasteiger partial charge in [0.2, 0.25) is 15.9 Å². The number of nitrogens with one attached hydrogen (secondary N) is 1. The molecule has 2 rings (SSSR count). The van der Waals surface area contributed by atoms with Gasteiger partial charge >= 0.3 is 0 Å². The van der Waals surface area contributed by atoms with Crippen molar-refractivity contribution in [3.8, 4) is 0 Å². The fraction of sp³-hybridized carbons (Fsp3) is 0.467. The molecular formula is C15H21N3O4S2. The van der Waals surface area contributed by atoms with Gasteiger partial charge < -0.3 is 10.2 Å². The summed E-state index contributed by atoms with van der Waals surface area (Å²) < 4.78 is 26.0. The molecule has 2 amide bonds. The molecule has 0 aliphatic carbocycles. The van der Waals surface area contributed by atoms with Gasteiger partial charge in [0, 0.05) is 31.1 Å². The fourth-order valence-electron chi connectivity index (χ4n) is 2.10. The molecule has 24 heavy (non-hydrogen) atoms. The maximum Gasteiger partial charge on any atom is 0.282 e. The molecule has 0 aromatic heterocycles. The van der Waals surface area contributed by atoms with E-state index in [0.717, 1.165) is 0 Å². The molecule has 1 saturated heterocycles. The third-order valence-corrected chi connectivity index (χ3v) is 6.66. The Kier molecular flexibility index (Phi) is 5.89. The van der Waals surface area contributed by atoms with Crippen LogP contribution in [0.5, 0.6) is 0 Å². The molecule has 1 aliphatic heterocycles. The van der Waals surface area contributed by atoms with Crippen LogP contribution in [0.3, 0.4) is 0 Å². The Hall–Kier alpha value is -1.58. The highest BCUT2D eigenvalue weighted by molar-refractivity contribution is 8.13. The van der Waals surface area contributed by atoms with Gasteiger partial charge in [-0.3, -0.25) is 9.59 Å². The molecule has 132 valence electrons. The van der Waals surface area contributed by atoms with Crippen molar-refractivity contribution >= 4 is 38.6 Å². The van der Waals surface area contributed by atoms with E-state index in [2.05, 4.69) is 5.32 Å². The first-order valence-electron chi connectivity index (χ1n) is 7.51. The number of carbonyl (C=O) groups is 2. The number of amides is 2. The Labute approximate surface area is 146 Å². The predicted molar refractivity (Wildman–Crippen MR) is 94.6 cm³/mol. The van der Waals surface area contributed by atoms with Crippen LogP contribution in [0.2, 0.25) is 0 Å². The van der Waals surface area contributed by atoms with Gasteiger partial charge in [0.05, 0.1) is 4.90 Å². The van der Waals surface area contributed by atoms with E-state index >= 15 is 0 Å². The number of rotatable bonds is 6. The molecule has 0 saturated carbocycles. The Balaban J connectivity index is 2.01. The standard InChI is InChI=1S/C15H21N3O4S2/c1-11(2)17(3)24(21,22)13-6-4-12(5-7-13)16-14(19)10-18-8-9-23-15(18)20/h4-7,11H,8-10H2,1-3H3,(H,16,19). The molecule has 9 heteroatoms. The highest BCUT2D eigenvalue weighted by Crippen LogP contribution is 2.20. The van der Waals surface area contributed by atoms with Crippen molar-refractivity contribution in [3.05, 3.63) is 24.3 Å². The van der Waals surface area contributed by atoms with E-state index in [1.165, 1.54) is 40.1 Å². The predicted octanol–water partition coefficient (Wildman–Crippen LogP) is 1.82. The van der Waals surface area contributed by atoms with Gasteiger partial charge in [0.25, 0.3) is 5.24 Å². The van der Waals surface area contributed by atoms with E-state index in [4.69, 9.17) is 0 Å². The SMILES string of the molecule is CC(C)N(C)S(=O)(=O)c1ccc(NC(=O)CN2CCSC2=O)cc1. The lowest BCUT2D eigenvalue weighted by Gasteiger charge is -2.21. The lowest BCUT2D eigenvalue weighted by Crippen LogP contribution is -2.33. The smallest absolute Gasteiger partial charge is 0.282 e. The summed E-state index contributed by atoms with van der Waals surface area (Å²) in [5, 5.41) is 2.58. The third-order valence-electron chi connectivity index (χ3n) is 3.72. The summed E-state index contributed by atoms with van der Waals surface area (Å²) in [5.74, 6) is 0.392. The Morgan fingerprint density at radius 1 is 1.33 bits per heavy atom. The molecule has 0 atom stereocenters. The first kappa shape index (κ1) is 18.8. The average molecular weight is 371 g/mol. The highest BCUT2D eigenvalue weighted by Gasteiger charge is 2.24. The second-order valence-corrected chi connectivity index (χ2v) is 8.77. The first-order valence-corrected chi connectivity index (χ1v) is 9.94. The number of hydrogen-bond acceptors (Lipinski definition) is 5. The fourth-order valence-corrected chi connectivity index (χ4v) is 4.29. The van der Waals surface area contributed by atoms with E-state index in [0.29, 0.717) is 18.0 Å². The normalized spacial score (nSPS) is 15.4. The molecule has 0 bridgehead atoms. The summed E-state index contributed by atoms with van der Waals surface area (Å²) in [7, 11) is -2.02. The molecule has 1 aliphatic rings. The second-order valence-electron chi connectivity index (χ2n) is 5.72. The molecule has 1 aromatic rings. The number of hydrogen-bond donors (Lipinski definition) is 1. The van der Waals surface area contributed by atoms with Crippen LogP contribution in [0.1, 0.15) is 13.8 Å². The van der Waals surface area contributed by atoms with Crippen molar-refractivity contribution in [1.29, 1.82) is 0 Å². The van der Waals surface area contributed by atoms with Crippen molar-refractivity contribution in [2.45, 2.75) is 24.8 Å².